The van der Waals surface area contributed by atoms with Gasteiger partial charge in [-0.15, -0.1) is 0 Å². The number of halogens is 1. The Morgan fingerprint density at radius 2 is 1.58 bits per heavy atom. The quantitative estimate of drug-likeness (QED) is 0.441. The van der Waals surface area contributed by atoms with E-state index in [1.807, 2.05) is 40.1 Å². The number of nitrogens with zero attached hydrogens (tertiary/aromatic N) is 4. The first-order valence-electron chi connectivity index (χ1n) is 13.4. The van der Waals surface area contributed by atoms with Gasteiger partial charge in [-0.2, -0.15) is 0 Å². The fourth-order valence-corrected chi connectivity index (χ4v) is 5.65. The molecule has 1 aromatic heterocycles. The van der Waals surface area contributed by atoms with Crippen LogP contribution in [0.3, 0.4) is 0 Å². The number of carbonyl (C=O) groups excluding carboxylic acids is 2. The molecule has 38 heavy (non-hydrogen) atoms. The van der Waals surface area contributed by atoms with Gasteiger partial charge in [0.2, 0.25) is 5.91 Å². The van der Waals surface area contributed by atoms with Gasteiger partial charge >= 0.3 is 0 Å². The number of ether oxygens (including phenoxy) is 1. The van der Waals surface area contributed by atoms with Crippen molar-refractivity contribution in [3.05, 3.63) is 64.3 Å². The highest BCUT2D eigenvalue weighted by atomic mass is 79.9. The smallest absolute Gasteiger partial charge is 0.253 e. The number of aromatic amines is 1. The number of H-pyrrole nitrogens is 1. The number of aryl methyl sites for hydroxylation is 1. The molecule has 0 radical (unpaired) electrons. The number of hydrogen-bond donors (Lipinski definition) is 1. The molecule has 2 amide bonds. The SMILES string of the molecule is COc1ccc2[nH]cc(CCCN3CCN(C(=O)CN4CCN(C(=O)c5ccc(Br)cc5)CC4)CC3)c2c1. The van der Waals surface area contributed by atoms with E-state index < -0.39 is 0 Å². The molecular weight excluding hydrogens is 546 g/mol. The number of carbonyl (C=O) groups is 2. The molecule has 5 rings (SSSR count). The van der Waals surface area contributed by atoms with Crippen LogP contribution in [0.25, 0.3) is 10.9 Å². The summed E-state index contributed by atoms with van der Waals surface area (Å²) in [4.78, 5) is 37.6. The van der Waals surface area contributed by atoms with E-state index in [0.717, 1.165) is 74.4 Å². The van der Waals surface area contributed by atoms with Crippen molar-refractivity contribution >= 4 is 38.6 Å². The molecule has 3 aromatic rings. The molecule has 0 aliphatic carbocycles. The van der Waals surface area contributed by atoms with Crippen molar-refractivity contribution in [3.8, 4) is 5.75 Å². The van der Waals surface area contributed by atoms with E-state index in [4.69, 9.17) is 4.74 Å². The van der Waals surface area contributed by atoms with Crippen molar-refractivity contribution in [1.29, 1.82) is 0 Å². The van der Waals surface area contributed by atoms with Crippen LogP contribution < -0.4 is 4.74 Å². The Morgan fingerprint density at radius 1 is 0.895 bits per heavy atom. The van der Waals surface area contributed by atoms with Gasteiger partial charge in [0.1, 0.15) is 5.75 Å². The van der Waals surface area contributed by atoms with Crippen LogP contribution in [0.5, 0.6) is 5.75 Å². The summed E-state index contributed by atoms with van der Waals surface area (Å²) >= 11 is 3.41. The lowest BCUT2D eigenvalue weighted by Crippen LogP contribution is -2.54. The number of piperazine rings is 2. The Morgan fingerprint density at radius 3 is 2.29 bits per heavy atom. The van der Waals surface area contributed by atoms with Crippen LogP contribution in [-0.4, -0.2) is 109 Å². The number of hydrogen-bond acceptors (Lipinski definition) is 5. The number of nitrogens with one attached hydrogen (secondary N) is 1. The molecule has 0 spiro atoms. The van der Waals surface area contributed by atoms with Crippen LogP contribution in [0.2, 0.25) is 0 Å². The molecule has 9 heteroatoms. The van der Waals surface area contributed by atoms with E-state index in [-0.39, 0.29) is 11.8 Å². The predicted molar refractivity (Wildman–Crippen MR) is 153 cm³/mol. The van der Waals surface area contributed by atoms with Gasteiger partial charge in [0.15, 0.2) is 0 Å². The van der Waals surface area contributed by atoms with Crippen molar-refractivity contribution in [1.82, 2.24) is 24.6 Å². The fourth-order valence-electron chi connectivity index (χ4n) is 5.38. The molecule has 0 unspecified atom stereocenters. The number of methoxy groups -OCH3 is 1. The van der Waals surface area contributed by atoms with E-state index in [1.54, 1.807) is 7.11 Å². The van der Waals surface area contributed by atoms with Crippen LogP contribution in [0.4, 0.5) is 0 Å². The first kappa shape index (κ1) is 26.7. The Labute approximate surface area is 232 Å². The summed E-state index contributed by atoms with van der Waals surface area (Å²) in [6.45, 7) is 7.64. The van der Waals surface area contributed by atoms with E-state index in [0.29, 0.717) is 25.2 Å². The van der Waals surface area contributed by atoms with Crippen molar-refractivity contribution in [2.45, 2.75) is 12.8 Å². The molecule has 3 heterocycles. The van der Waals surface area contributed by atoms with Gasteiger partial charge in [-0.3, -0.25) is 19.4 Å². The normalized spacial score (nSPS) is 17.2. The molecule has 0 saturated carbocycles. The minimum atomic E-state index is 0.0593. The Hall–Kier alpha value is -2.88. The van der Waals surface area contributed by atoms with Gasteiger partial charge < -0.3 is 19.5 Å². The van der Waals surface area contributed by atoms with Crippen LogP contribution in [0.15, 0.2) is 53.1 Å². The molecule has 1 N–H and O–H groups in total. The fraction of sp³-hybridized carbons (Fsp3) is 0.448. The lowest BCUT2D eigenvalue weighted by atomic mass is 10.1. The summed E-state index contributed by atoms with van der Waals surface area (Å²) in [6.07, 6.45) is 4.21. The molecule has 0 bridgehead atoms. The molecule has 2 aliphatic rings. The maximum absolute atomic E-state index is 13.0. The number of rotatable bonds is 8. The monoisotopic (exact) mass is 581 g/mol. The highest BCUT2D eigenvalue weighted by Crippen LogP contribution is 2.24. The number of fused-ring (bicyclic) bond motifs is 1. The second-order valence-corrected chi connectivity index (χ2v) is 11.0. The first-order valence-corrected chi connectivity index (χ1v) is 14.2. The van der Waals surface area contributed by atoms with Gasteiger partial charge in [-0.05, 0) is 67.4 Å². The van der Waals surface area contributed by atoms with Crippen LogP contribution in [0, 0.1) is 0 Å². The minimum Gasteiger partial charge on any atom is -0.497 e. The number of benzene rings is 2. The summed E-state index contributed by atoms with van der Waals surface area (Å²) in [6, 6.07) is 13.6. The third-order valence-corrected chi connectivity index (χ3v) is 8.26. The van der Waals surface area contributed by atoms with Gasteiger partial charge in [-0.25, -0.2) is 0 Å². The molecule has 2 aromatic carbocycles. The van der Waals surface area contributed by atoms with Crippen molar-refractivity contribution in [2.75, 3.05) is 72.6 Å². The molecule has 202 valence electrons. The van der Waals surface area contributed by atoms with Gasteiger partial charge in [0.05, 0.1) is 13.7 Å². The summed E-state index contributed by atoms with van der Waals surface area (Å²) in [7, 11) is 1.70. The number of aromatic nitrogens is 1. The second kappa shape index (κ2) is 12.3. The van der Waals surface area contributed by atoms with Gasteiger partial charge in [0.25, 0.3) is 5.91 Å². The first-order chi connectivity index (χ1) is 18.5. The average Bonchev–Trinajstić information content (AvgIpc) is 3.36. The summed E-state index contributed by atoms with van der Waals surface area (Å²) in [5.74, 6) is 1.14. The molecule has 2 fully saturated rings. The van der Waals surface area contributed by atoms with E-state index in [9.17, 15) is 9.59 Å². The Kier molecular flexibility index (Phi) is 8.66. The van der Waals surface area contributed by atoms with Gasteiger partial charge in [0, 0.05) is 79.5 Å². The van der Waals surface area contributed by atoms with Crippen LogP contribution >= 0.6 is 15.9 Å². The van der Waals surface area contributed by atoms with Crippen molar-refractivity contribution in [3.63, 3.8) is 0 Å². The van der Waals surface area contributed by atoms with Crippen LogP contribution in [0.1, 0.15) is 22.3 Å². The predicted octanol–water partition coefficient (Wildman–Crippen LogP) is 3.47. The Balaban J connectivity index is 1.01. The zero-order valence-electron chi connectivity index (χ0n) is 22.0. The van der Waals surface area contributed by atoms with Gasteiger partial charge in [-0.1, -0.05) is 15.9 Å². The van der Waals surface area contributed by atoms with E-state index in [2.05, 4.69) is 49.0 Å². The lowest BCUT2D eigenvalue weighted by Gasteiger charge is -2.38. The number of amides is 2. The summed E-state index contributed by atoms with van der Waals surface area (Å²) < 4.78 is 6.35. The topological polar surface area (TPSA) is 72.1 Å². The largest absolute Gasteiger partial charge is 0.497 e. The molecule has 2 saturated heterocycles. The highest BCUT2D eigenvalue weighted by Gasteiger charge is 2.26. The molecule has 8 nitrogen and oxygen atoms in total. The third kappa shape index (κ3) is 6.39. The zero-order valence-corrected chi connectivity index (χ0v) is 23.6. The van der Waals surface area contributed by atoms with Crippen molar-refractivity contribution in [2.24, 2.45) is 0 Å². The minimum absolute atomic E-state index is 0.0593. The zero-order chi connectivity index (χ0) is 26.5. The second-order valence-electron chi connectivity index (χ2n) is 10.1. The molecule has 2 aliphatic heterocycles. The lowest BCUT2D eigenvalue weighted by molar-refractivity contribution is -0.134. The van der Waals surface area contributed by atoms with Crippen LogP contribution in [-0.2, 0) is 11.2 Å². The molecule has 0 atom stereocenters. The maximum atomic E-state index is 13.0. The third-order valence-electron chi connectivity index (χ3n) is 7.73. The average molecular weight is 583 g/mol. The molecular formula is C29H36BrN5O3. The summed E-state index contributed by atoms with van der Waals surface area (Å²) in [5, 5.41) is 1.23. The standard InChI is InChI=1S/C29H36BrN5O3/c1-38-25-8-9-27-26(19-25)23(20-31-27)3-2-10-32-11-15-34(16-12-32)28(36)21-33-13-17-35(18-14-33)29(37)22-4-6-24(30)7-5-22/h4-9,19-20,31H,2-3,10-18,21H2,1H3. The van der Waals surface area contributed by atoms with Crippen molar-refractivity contribution < 1.29 is 14.3 Å². The summed E-state index contributed by atoms with van der Waals surface area (Å²) in [5.41, 5.74) is 3.18. The maximum Gasteiger partial charge on any atom is 0.253 e. The van der Waals surface area contributed by atoms with E-state index in [1.165, 1.54) is 10.9 Å². The Bertz CT molecular complexity index is 1240. The highest BCUT2D eigenvalue weighted by molar-refractivity contribution is 9.10. The van der Waals surface area contributed by atoms with E-state index >= 15 is 0 Å².